The van der Waals surface area contributed by atoms with E-state index < -0.39 is 10.0 Å². The van der Waals surface area contributed by atoms with Crippen LogP contribution in [0.2, 0.25) is 0 Å². The first-order chi connectivity index (χ1) is 11.5. The molecule has 2 aromatic carbocycles. The molecule has 0 saturated carbocycles. The highest BCUT2D eigenvalue weighted by molar-refractivity contribution is 7.92. The summed E-state index contributed by atoms with van der Waals surface area (Å²) in [5.74, 6) is -0.297. The van der Waals surface area contributed by atoms with Crippen LogP contribution in [0.4, 0.5) is 5.69 Å². The van der Waals surface area contributed by atoms with Crippen LogP contribution in [-0.2, 0) is 26.0 Å². The number of nitrogens with zero attached hydrogens (tertiary/aromatic N) is 1. The summed E-state index contributed by atoms with van der Waals surface area (Å²) >= 11 is 0. The van der Waals surface area contributed by atoms with Gasteiger partial charge in [-0.15, -0.1) is 0 Å². The molecule has 5 nitrogen and oxygen atoms in total. The third-order valence-electron chi connectivity index (χ3n) is 3.50. The van der Waals surface area contributed by atoms with E-state index in [1.54, 1.807) is 68.4 Å². The van der Waals surface area contributed by atoms with Crippen molar-refractivity contribution < 1.29 is 17.9 Å². The number of sulfonamides is 1. The zero-order valence-corrected chi connectivity index (χ0v) is 14.6. The highest BCUT2D eigenvalue weighted by Crippen LogP contribution is 2.23. The monoisotopic (exact) mass is 347 g/mol. The maximum absolute atomic E-state index is 12.8. The summed E-state index contributed by atoms with van der Waals surface area (Å²) in [5, 5.41) is 0. The molecule has 0 fully saturated rings. The van der Waals surface area contributed by atoms with Crippen LogP contribution in [0.5, 0.6) is 0 Å². The molecule has 0 aliphatic heterocycles. The van der Waals surface area contributed by atoms with Gasteiger partial charge in [-0.05, 0) is 43.7 Å². The van der Waals surface area contributed by atoms with Crippen molar-refractivity contribution in [2.75, 3.05) is 17.5 Å². The van der Waals surface area contributed by atoms with Gasteiger partial charge in [0.05, 0.1) is 23.6 Å². The minimum Gasteiger partial charge on any atom is -0.466 e. The van der Waals surface area contributed by atoms with Crippen molar-refractivity contribution >= 4 is 21.7 Å². The zero-order chi connectivity index (χ0) is 17.6. The molecule has 128 valence electrons. The Hall–Kier alpha value is -2.34. The quantitative estimate of drug-likeness (QED) is 0.722. The molecule has 2 aromatic rings. The van der Waals surface area contributed by atoms with Crippen molar-refractivity contribution in [3.63, 3.8) is 0 Å². The number of esters is 1. The highest BCUT2D eigenvalue weighted by atomic mass is 32.2. The van der Waals surface area contributed by atoms with E-state index in [0.717, 1.165) is 5.56 Å². The average molecular weight is 347 g/mol. The Morgan fingerprint density at radius 1 is 1.00 bits per heavy atom. The van der Waals surface area contributed by atoms with Gasteiger partial charge in [0.2, 0.25) is 0 Å². The van der Waals surface area contributed by atoms with Crippen molar-refractivity contribution in [1.82, 2.24) is 0 Å². The van der Waals surface area contributed by atoms with Crippen LogP contribution in [0, 0.1) is 0 Å². The molecule has 0 aliphatic rings. The second-order valence-corrected chi connectivity index (χ2v) is 6.99. The fraction of sp³-hybridized carbons (Fsp3) is 0.278. The molecule has 0 heterocycles. The van der Waals surface area contributed by atoms with Gasteiger partial charge in [0.1, 0.15) is 0 Å². The molecule has 0 N–H and O–H groups in total. The minimum absolute atomic E-state index is 0.172. The van der Waals surface area contributed by atoms with Crippen LogP contribution in [0.3, 0.4) is 0 Å². The topological polar surface area (TPSA) is 63.7 Å². The molecule has 6 heteroatoms. The van der Waals surface area contributed by atoms with Gasteiger partial charge >= 0.3 is 5.97 Å². The lowest BCUT2D eigenvalue weighted by Crippen LogP contribution is -2.30. The summed E-state index contributed by atoms with van der Waals surface area (Å²) < 4.78 is 31.8. The van der Waals surface area contributed by atoms with E-state index >= 15 is 0 Å². The van der Waals surface area contributed by atoms with E-state index in [0.29, 0.717) is 18.8 Å². The maximum atomic E-state index is 12.8. The molecule has 0 amide bonds. The van der Waals surface area contributed by atoms with Crippen LogP contribution in [-0.4, -0.2) is 27.5 Å². The van der Waals surface area contributed by atoms with E-state index in [-0.39, 0.29) is 17.3 Å². The van der Waals surface area contributed by atoms with Gasteiger partial charge in [-0.2, -0.15) is 0 Å². The van der Waals surface area contributed by atoms with Crippen LogP contribution in [0.15, 0.2) is 59.5 Å². The molecular weight excluding hydrogens is 326 g/mol. The first-order valence-electron chi connectivity index (χ1n) is 7.81. The summed E-state index contributed by atoms with van der Waals surface area (Å²) in [6, 6.07) is 15.2. The highest BCUT2D eigenvalue weighted by Gasteiger charge is 2.23. The van der Waals surface area contributed by atoms with E-state index in [2.05, 4.69) is 0 Å². The van der Waals surface area contributed by atoms with Crippen molar-refractivity contribution in [1.29, 1.82) is 0 Å². The molecule has 0 aliphatic carbocycles. The molecular formula is C18H21NO4S. The Bertz CT molecular complexity index is 770. The van der Waals surface area contributed by atoms with E-state index in [1.807, 2.05) is 0 Å². The van der Waals surface area contributed by atoms with Gasteiger partial charge < -0.3 is 4.74 Å². The third-order valence-corrected chi connectivity index (χ3v) is 5.41. The SMILES string of the molecule is CCOC(=O)Cc1ccc(N(CC)S(=O)(=O)c2ccccc2)cc1. The van der Waals surface area contributed by atoms with Crippen LogP contribution in [0.1, 0.15) is 19.4 Å². The Morgan fingerprint density at radius 2 is 1.62 bits per heavy atom. The lowest BCUT2D eigenvalue weighted by molar-refractivity contribution is -0.142. The molecule has 0 radical (unpaired) electrons. The van der Waals surface area contributed by atoms with Crippen LogP contribution < -0.4 is 4.31 Å². The number of carbonyl (C=O) groups is 1. The Kier molecular flexibility index (Phi) is 5.98. The molecule has 0 aromatic heterocycles. The third kappa shape index (κ3) is 4.14. The zero-order valence-electron chi connectivity index (χ0n) is 13.8. The number of hydrogen-bond acceptors (Lipinski definition) is 4. The molecule has 0 bridgehead atoms. The van der Waals surface area contributed by atoms with Crippen molar-refractivity contribution in [3.05, 3.63) is 60.2 Å². The number of anilines is 1. The molecule has 2 rings (SSSR count). The number of ether oxygens (including phenoxy) is 1. The number of hydrogen-bond donors (Lipinski definition) is 0. The van der Waals surface area contributed by atoms with E-state index in [9.17, 15) is 13.2 Å². The van der Waals surface area contributed by atoms with Crippen molar-refractivity contribution in [3.8, 4) is 0 Å². The number of rotatable bonds is 7. The van der Waals surface area contributed by atoms with Crippen LogP contribution >= 0.6 is 0 Å². The van der Waals surface area contributed by atoms with Gasteiger partial charge in [0, 0.05) is 6.54 Å². The average Bonchev–Trinajstić information content (AvgIpc) is 2.58. The first-order valence-corrected chi connectivity index (χ1v) is 9.25. The number of benzene rings is 2. The Morgan fingerprint density at radius 3 is 2.17 bits per heavy atom. The largest absolute Gasteiger partial charge is 0.466 e. The summed E-state index contributed by atoms with van der Waals surface area (Å²) in [5.41, 5.74) is 1.35. The fourth-order valence-corrected chi connectivity index (χ4v) is 3.86. The van der Waals surface area contributed by atoms with Crippen LogP contribution in [0.25, 0.3) is 0 Å². The first kappa shape index (κ1) is 18.0. The lowest BCUT2D eigenvalue weighted by Gasteiger charge is -2.23. The normalized spacial score (nSPS) is 11.1. The van der Waals surface area contributed by atoms with E-state index in [1.165, 1.54) is 4.31 Å². The molecule has 0 spiro atoms. The molecule has 0 saturated heterocycles. The molecule has 0 atom stereocenters. The van der Waals surface area contributed by atoms with Gasteiger partial charge in [0.25, 0.3) is 10.0 Å². The van der Waals surface area contributed by atoms with Crippen molar-refractivity contribution in [2.24, 2.45) is 0 Å². The van der Waals surface area contributed by atoms with Gasteiger partial charge in [-0.3, -0.25) is 9.10 Å². The predicted molar refractivity (Wildman–Crippen MR) is 93.4 cm³/mol. The lowest BCUT2D eigenvalue weighted by atomic mass is 10.1. The summed E-state index contributed by atoms with van der Waals surface area (Å²) in [6.07, 6.45) is 0.172. The Labute approximate surface area is 142 Å². The predicted octanol–water partition coefficient (Wildman–Crippen LogP) is 3.01. The van der Waals surface area contributed by atoms with Gasteiger partial charge in [-0.25, -0.2) is 8.42 Å². The molecule has 24 heavy (non-hydrogen) atoms. The minimum atomic E-state index is -3.61. The summed E-state index contributed by atoms with van der Waals surface area (Å²) in [6.45, 7) is 4.20. The smallest absolute Gasteiger partial charge is 0.310 e. The van der Waals surface area contributed by atoms with Gasteiger partial charge in [-0.1, -0.05) is 30.3 Å². The maximum Gasteiger partial charge on any atom is 0.310 e. The second-order valence-electron chi connectivity index (χ2n) is 5.13. The van der Waals surface area contributed by atoms with Gasteiger partial charge in [0.15, 0.2) is 0 Å². The van der Waals surface area contributed by atoms with Crippen molar-refractivity contribution in [2.45, 2.75) is 25.2 Å². The fourth-order valence-electron chi connectivity index (χ4n) is 2.37. The second kappa shape index (κ2) is 7.97. The summed E-state index contributed by atoms with van der Waals surface area (Å²) in [4.78, 5) is 11.8. The number of carbonyl (C=O) groups excluding carboxylic acids is 1. The molecule has 0 unspecified atom stereocenters. The Balaban J connectivity index is 2.24. The van der Waals surface area contributed by atoms with E-state index in [4.69, 9.17) is 4.74 Å². The summed E-state index contributed by atoms with van der Waals surface area (Å²) in [7, 11) is -3.61. The standard InChI is InChI=1S/C18H21NO4S/c1-3-19(24(21,22)17-8-6-5-7-9-17)16-12-10-15(11-13-16)14-18(20)23-4-2/h5-13H,3-4,14H2,1-2H3.